The van der Waals surface area contributed by atoms with Crippen molar-refractivity contribution in [1.29, 1.82) is 5.26 Å². The van der Waals surface area contributed by atoms with E-state index < -0.39 is 12.0 Å². The number of amidine groups is 1. The summed E-state index contributed by atoms with van der Waals surface area (Å²) in [5, 5.41) is 16.0. The second-order valence-electron chi connectivity index (χ2n) is 6.25. The maximum Gasteiger partial charge on any atom is 0.140 e. The molecular formula is C22H17FN4. The van der Waals surface area contributed by atoms with Gasteiger partial charge in [0.15, 0.2) is 0 Å². The van der Waals surface area contributed by atoms with Crippen LogP contribution in [0.4, 0.5) is 4.39 Å². The van der Waals surface area contributed by atoms with Gasteiger partial charge in [-0.2, -0.15) is 5.26 Å². The molecule has 27 heavy (non-hydrogen) atoms. The Kier molecular flexibility index (Phi) is 4.65. The Balaban J connectivity index is 1.76. The highest BCUT2D eigenvalue weighted by Crippen LogP contribution is 2.26. The van der Waals surface area contributed by atoms with Crippen molar-refractivity contribution in [3.8, 4) is 6.07 Å². The van der Waals surface area contributed by atoms with E-state index in [0.29, 0.717) is 0 Å². The molecule has 4 nitrogen and oxygen atoms in total. The van der Waals surface area contributed by atoms with Gasteiger partial charge < -0.3 is 5.32 Å². The van der Waals surface area contributed by atoms with Gasteiger partial charge in [0.1, 0.15) is 30.1 Å². The van der Waals surface area contributed by atoms with Crippen LogP contribution in [-0.2, 0) is 0 Å². The smallest absolute Gasteiger partial charge is 0.140 e. The van der Waals surface area contributed by atoms with E-state index in [4.69, 9.17) is 10.3 Å². The van der Waals surface area contributed by atoms with E-state index in [1.807, 2.05) is 66.7 Å². The predicted molar refractivity (Wildman–Crippen MR) is 102 cm³/mol. The molecule has 0 aliphatic carbocycles. The van der Waals surface area contributed by atoms with Crippen molar-refractivity contribution in [2.75, 3.05) is 0 Å². The number of hydrogen-bond donors (Lipinski definition) is 2. The predicted octanol–water partition coefficient (Wildman–Crippen LogP) is 4.03. The van der Waals surface area contributed by atoms with Crippen LogP contribution in [0.5, 0.6) is 0 Å². The van der Waals surface area contributed by atoms with Gasteiger partial charge in [-0.15, -0.1) is 0 Å². The van der Waals surface area contributed by atoms with Crippen molar-refractivity contribution in [3.63, 3.8) is 0 Å². The maximum absolute atomic E-state index is 13.7. The first-order chi connectivity index (χ1) is 13.2. The fraction of sp³-hybridized carbons (Fsp3) is 0.0909. The van der Waals surface area contributed by atoms with E-state index in [9.17, 15) is 4.39 Å². The van der Waals surface area contributed by atoms with Crippen LogP contribution in [-0.4, -0.2) is 5.84 Å². The maximum atomic E-state index is 13.7. The normalized spacial score (nSPS) is 18.9. The van der Waals surface area contributed by atoms with Crippen LogP contribution in [0.3, 0.4) is 0 Å². The number of rotatable bonds is 3. The summed E-state index contributed by atoms with van der Waals surface area (Å²) in [4.78, 5) is 4.77. The van der Waals surface area contributed by atoms with Crippen LogP contribution in [0.15, 0.2) is 83.9 Å². The fourth-order valence-electron chi connectivity index (χ4n) is 3.09. The molecule has 0 saturated carbocycles. The molecule has 0 spiro atoms. The topological polar surface area (TPSA) is 60.2 Å². The lowest BCUT2D eigenvalue weighted by Crippen LogP contribution is -2.44. The van der Waals surface area contributed by atoms with Crippen molar-refractivity contribution in [2.45, 2.75) is 12.3 Å². The summed E-state index contributed by atoms with van der Waals surface area (Å²) in [6, 6.07) is 26.2. The number of nitrogens with zero attached hydrogens (tertiary/aromatic N) is 2. The van der Waals surface area contributed by atoms with E-state index in [-0.39, 0.29) is 11.7 Å². The molecule has 0 fully saturated rings. The minimum absolute atomic E-state index is 0.0144. The molecule has 1 aliphatic heterocycles. The van der Waals surface area contributed by atoms with Gasteiger partial charge in [-0.05, 0) is 23.3 Å². The van der Waals surface area contributed by atoms with E-state index >= 15 is 0 Å². The van der Waals surface area contributed by atoms with Crippen LogP contribution >= 0.6 is 0 Å². The van der Waals surface area contributed by atoms with E-state index in [2.05, 4.69) is 10.6 Å². The Labute approximate surface area is 157 Å². The molecule has 3 aromatic rings. The molecule has 0 bridgehead atoms. The Hall–Kier alpha value is -3.49. The number of nitriles is 1. The Morgan fingerprint density at radius 1 is 0.889 bits per heavy atom. The molecule has 0 amide bonds. The first-order valence-electron chi connectivity index (χ1n) is 8.65. The van der Waals surface area contributed by atoms with Crippen LogP contribution in [0.25, 0.3) is 0 Å². The first-order valence-corrected chi connectivity index (χ1v) is 8.65. The highest BCUT2D eigenvalue weighted by Gasteiger charge is 2.25. The zero-order chi connectivity index (χ0) is 18.6. The summed E-state index contributed by atoms with van der Waals surface area (Å²) in [6.07, 6.45) is -0.571. The Morgan fingerprint density at radius 2 is 1.59 bits per heavy atom. The minimum Gasteiger partial charge on any atom is -0.350 e. The number of aliphatic imine (C=N–C) groups is 1. The number of halogens is 1. The molecule has 5 heteroatoms. The summed E-state index contributed by atoms with van der Waals surface area (Å²) in [5.74, 6) is 0.220. The van der Waals surface area contributed by atoms with Crippen molar-refractivity contribution in [3.05, 3.63) is 107 Å². The van der Waals surface area contributed by atoms with E-state index in [0.717, 1.165) is 22.5 Å². The highest BCUT2D eigenvalue weighted by molar-refractivity contribution is 5.99. The molecule has 2 atom stereocenters. The summed E-state index contributed by atoms with van der Waals surface area (Å²) >= 11 is 0. The van der Waals surface area contributed by atoms with Crippen LogP contribution < -0.4 is 10.6 Å². The minimum atomic E-state index is -0.526. The summed E-state index contributed by atoms with van der Waals surface area (Å²) in [6.45, 7) is 0. The van der Waals surface area contributed by atoms with Gasteiger partial charge in [-0.25, -0.2) is 9.38 Å². The number of hydrogen-bond acceptors (Lipinski definition) is 4. The van der Waals surface area contributed by atoms with Gasteiger partial charge in [0.05, 0.1) is 5.56 Å². The van der Waals surface area contributed by atoms with Gasteiger partial charge in [0, 0.05) is 5.56 Å². The van der Waals surface area contributed by atoms with E-state index in [1.54, 1.807) is 12.1 Å². The standard InChI is InChI=1S/C22H17FN4/c23-19-12-11-17(13-18(19)14-24)22-26-20(15-7-3-1-4-8-15)25-21(27-22)16-9-5-2-6-10-16/h1-13,20,22,26H,(H,25,27). The first kappa shape index (κ1) is 17.0. The molecular weight excluding hydrogens is 339 g/mol. The zero-order valence-electron chi connectivity index (χ0n) is 14.4. The molecule has 2 unspecified atom stereocenters. The number of benzene rings is 3. The van der Waals surface area contributed by atoms with E-state index in [1.165, 1.54) is 6.07 Å². The van der Waals surface area contributed by atoms with Gasteiger partial charge in [-0.1, -0.05) is 66.7 Å². The third-order valence-electron chi connectivity index (χ3n) is 4.47. The van der Waals surface area contributed by atoms with Crippen molar-refractivity contribution < 1.29 is 4.39 Å². The molecule has 2 N–H and O–H groups in total. The lowest BCUT2D eigenvalue weighted by Gasteiger charge is -2.32. The van der Waals surface area contributed by atoms with Crippen LogP contribution in [0, 0.1) is 17.1 Å². The molecule has 3 aromatic carbocycles. The molecule has 1 aliphatic rings. The summed E-state index contributed by atoms with van der Waals surface area (Å²) < 4.78 is 13.7. The van der Waals surface area contributed by atoms with Gasteiger partial charge in [0.25, 0.3) is 0 Å². The van der Waals surface area contributed by atoms with Gasteiger partial charge in [-0.3, -0.25) is 5.32 Å². The number of nitrogens with one attached hydrogen (secondary N) is 2. The van der Waals surface area contributed by atoms with Crippen molar-refractivity contribution in [1.82, 2.24) is 10.6 Å². The Morgan fingerprint density at radius 3 is 2.30 bits per heavy atom. The monoisotopic (exact) mass is 356 g/mol. The largest absolute Gasteiger partial charge is 0.350 e. The van der Waals surface area contributed by atoms with Crippen molar-refractivity contribution in [2.24, 2.45) is 4.99 Å². The van der Waals surface area contributed by atoms with Crippen molar-refractivity contribution >= 4 is 5.84 Å². The molecule has 0 aromatic heterocycles. The third kappa shape index (κ3) is 3.57. The third-order valence-corrected chi connectivity index (χ3v) is 4.47. The average molecular weight is 356 g/mol. The molecule has 132 valence electrons. The zero-order valence-corrected chi connectivity index (χ0v) is 14.4. The van der Waals surface area contributed by atoms with Gasteiger partial charge >= 0.3 is 0 Å². The molecule has 1 heterocycles. The second kappa shape index (κ2) is 7.40. The van der Waals surface area contributed by atoms with Crippen LogP contribution in [0.1, 0.15) is 34.6 Å². The summed E-state index contributed by atoms with van der Waals surface area (Å²) in [5.41, 5.74) is 2.78. The lowest BCUT2D eigenvalue weighted by atomic mass is 10.1. The lowest BCUT2D eigenvalue weighted by molar-refractivity contribution is 0.408. The average Bonchev–Trinajstić information content (AvgIpc) is 2.75. The highest BCUT2D eigenvalue weighted by atomic mass is 19.1. The fourth-order valence-corrected chi connectivity index (χ4v) is 3.09. The molecule has 4 rings (SSSR count). The van der Waals surface area contributed by atoms with Crippen LogP contribution in [0.2, 0.25) is 0 Å². The molecule has 0 radical (unpaired) electrons. The Bertz CT molecular complexity index is 1010. The van der Waals surface area contributed by atoms with Gasteiger partial charge in [0.2, 0.25) is 0 Å². The summed E-state index contributed by atoms with van der Waals surface area (Å²) in [7, 11) is 0. The molecule has 0 saturated heterocycles. The SMILES string of the molecule is N#Cc1cc(C2N=C(c3ccccc3)NC(c3ccccc3)N2)ccc1F. The second-order valence-corrected chi connectivity index (χ2v) is 6.25. The quantitative estimate of drug-likeness (QED) is 0.745.